The van der Waals surface area contributed by atoms with Crippen LogP contribution in [0.15, 0.2) is 0 Å². The quantitative estimate of drug-likeness (QED) is 0.652. The summed E-state index contributed by atoms with van der Waals surface area (Å²) < 4.78 is 2.40. The molecule has 0 spiro atoms. The lowest BCUT2D eigenvalue weighted by Gasteiger charge is -2.21. The Bertz CT molecular complexity index is 152. The van der Waals surface area contributed by atoms with Crippen molar-refractivity contribution >= 4 is 11.9 Å². The molecule has 1 rings (SSSR count). The molecule has 1 saturated heterocycles. The summed E-state index contributed by atoms with van der Waals surface area (Å²) in [5.74, 6) is 0. The fourth-order valence-corrected chi connectivity index (χ4v) is 2.43. The zero-order valence-electron chi connectivity index (χ0n) is 9.00. The van der Waals surface area contributed by atoms with Crippen molar-refractivity contribution in [3.63, 3.8) is 0 Å². The molecule has 0 radical (unpaired) electrons. The molecule has 78 valence electrons. The highest BCUT2D eigenvalue weighted by Gasteiger charge is 2.31. The van der Waals surface area contributed by atoms with Crippen LogP contribution in [-0.4, -0.2) is 48.8 Å². The molecule has 0 aromatic carbocycles. The van der Waals surface area contributed by atoms with Crippen molar-refractivity contribution in [1.82, 2.24) is 14.9 Å². The lowest BCUT2D eigenvalue weighted by Crippen LogP contribution is -2.48. The maximum Gasteiger partial charge on any atom is 0.0373 e. The highest BCUT2D eigenvalue weighted by molar-refractivity contribution is 7.96. The molecule has 0 aromatic heterocycles. The van der Waals surface area contributed by atoms with Crippen LogP contribution in [0.4, 0.5) is 0 Å². The third-order valence-corrected chi connectivity index (χ3v) is 3.28. The molecule has 3 nitrogen and oxygen atoms in total. The largest absolute Gasteiger partial charge is 0.314 e. The first kappa shape index (κ1) is 11.3. The van der Waals surface area contributed by atoms with E-state index in [-0.39, 0.29) is 0 Å². The van der Waals surface area contributed by atoms with Gasteiger partial charge in [0, 0.05) is 31.2 Å². The molecule has 4 heteroatoms. The van der Waals surface area contributed by atoms with E-state index in [4.69, 9.17) is 0 Å². The van der Waals surface area contributed by atoms with Crippen LogP contribution >= 0.6 is 11.9 Å². The Morgan fingerprint density at radius 3 is 2.38 bits per heavy atom. The van der Waals surface area contributed by atoms with Crippen molar-refractivity contribution in [3.05, 3.63) is 0 Å². The predicted molar refractivity (Wildman–Crippen MR) is 60.0 cm³/mol. The SMILES string of the molecule is CN[C@H]1CN(SC)C[C@H]1NC(C)C. The Morgan fingerprint density at radius 2 is 1.92 bits per heavy atom. The molecule has 13 heavy (non-hydrogen) atoms. The smallest absolute Gasteiger partial charge is 0.0373 e. The van der Waals surface area contributed by atoms with Crippen molar-refractivity contribution in [3.8, 4) is 0 Å². The summed E-state index contributed by atoms with van der Waals surface area (Å²) in [7, 11) is 2.05. The van der Waals surface area contributed by atoms with Gasteiger partial charge in [-0.3, -0.25) is 0 Å². The molecule has 0 amide bonds. The fraction of sp³-hybridized carbons (Fsp3) is 1.00. The number of likely N-dealkylation sites (N-methyl/N-ethyl adjacent to an activating group) is 1. The summed E-state index contributed by atoms with van der Waals surface area (Å²) >= 11 is 1.84. The van der Waals surface area contributed by atoms with E-state index in [1.165, 1.54) is 0 Å². The zero-order chi connectivity index (χ0) is 9.84. The lowest BCUT2D eigenvalue weighted by molar-refractivity contribution is 0.421. The zero-order valence-corrected chi connectivity index (χ0v) is 9.82. The van der Waals surface area contributed by atoms with Gasteiger partial charge in [-0.1, -0.05) is 25.8 Å². The van der Waals surface area contributed by atoms with Crippen LogP contribution in [0.2, 0.25) is 0 Å². The van der Waals surface area contributed by atoms with Crippen LogP contribution in [0.3, 0.4) is 0 Å². The highest BCUT2D eigenvalue weighted by atomic mass is 32.2. The number of hydrogen-bond donors (Lipinski definition) is 2. The van der Waals surface area contributed by atoms with Gasteiger partial charge in [-0.25, -0.2) is 4.31 Å². The van der Waals surface area contributed by atoms with Crippen LogP contribution < -0.4 is 10.6 Å². The third-order valence-electron chi connectivity index (χ3n) is 2.46. The molecule has 0 bridgehead atoms. The number of hydrogen-bond acceptors (Lipinski definition) is 4. The number of nitrogens with one attached hydrogen (secondary N) is 2. The van der Waals surface area contributed by atoms with Gasteiger partial charge < -0.3 is 10.6 Å². The lowest BCUT2D eigenvalue weighted by atomic mass is 10.1. The van der Waals surface area contributed by atoms with Gasteiger partial charge in [-0.05, 0) is 13.3 Å². The molecule has 2 N–H and O–H groups in total. The van der Waals surface area contributed by atoms with E-state index < -0.39 is 0 Å². The Hall–Kier alpha value is 0.230. The Kier molecular flexibility index (Phi) is 4.52. The first-order valence-corrected chi connectivity index (χ1v) is 6.08. The second kappa shape index (κ2) is 5.20. The van der Waals surface area contributed by atoms with Gasteiger partial charge in [0.2, 0.25) is 0 Å². The molecule has 1 heterocycles. The van der Waals surface area contributed by atoms with E-state index in [2.05, 4.69) is 35.0 Å². The standard InChI is InChI=1S/C9H21N3S/c1-7(2)11-9-6-12(13-4)5-8(9)10-3/h7-11H,5-6H2,1-4H3/t8-,9+/m0/s1. The van der Waals surface area contributed by atoms with Crippen molar-refractivity contribution in [2.75, 3.05) is 26.4 Å². The van der Waals surface area contributed by atoms with E-state index in [1.807, 2.05) is 19.0 Å². The Labute approximate surface area is 85.8 Å². The summed E-state index contributed by atoms with van der Waals surface area (Å²) in [6.07, 6.45) is 2.14. The summed E-state index contributed by atoms with van der Waals surface area (Å²) in [6.45, 7) is 6.69. The van der Waals surface area contributed by atoms with Gasteiger partial charge >= 0.3 is 0 Å². The molecule has 0 aromatic rings. The van der Waals surface area contributed by atoms with Gasteiger partial charge in [-0.2, -0.15) is 0 Å². The monoisotopic (exact) mass is 203 g/mol. The summed E-state index contributed by atoms with van der Waals surface area (Å²) in [6, 6.07) is 1.76. The predicted octanol–water partition coefficient (Wildman–Crippen LogP) is 0.535. The van der Waals surface area contributed by atoms with E-state index in [9.17, 15) is 0 Å². The minimum absolute atomic E-state index is 0.572. The Balaban J connectivity index is 2.43. The molecule has 1 fully saturated rings. The molecule has 1 aliphatic rings. The van der Waals surface area contributed by atoms with Crippen LogP contribution in [0.1, 0.15) is 13.8 Å². The van der Waals surface area contributed by atoms with Crippen molar-refractivity contribution in [2.24, 2.45) is 0 Å². The molecule has 1 aliphatic heterocycles. The molecular weight excluding hydrogens is 182 g/mol. The first-order chi connectivity index (χ1) is 6.17. The molecule has 0 aliphatic carbocycles. The van der Waals surface area contributed by atoms with Crippen molar-refractivity contribution < 1.29 is 0 Å². The number of nitrogens with zero attached hydrogens (tertiary/aromatic N) is 1. The maximum absolute atomic E-state index is 3.59. The third kappa shape index (κ3) is 3.13. The first-order valence-electron chi connectivity index (χ1n) is 4.89. The fourth-order valence-electron chi connectivity index (χ4n) is 1.81. The van der Waals surface area contributed by atoms with Crippen LogP contribution in [0.25, 0.3) is 0 Å². The summed E-state index contributed by atoms with van der Waals surface area (Å²) in [5, 5.41) is 6.96. The second-order valence-corrected chi connectivity index (χ2v) is 4.73. The average molecular weight is 203 g/mol. The Morgan fingerprint density at radius 1 is 1.31 bits per heavy atom. The van der Waals surface area contributed by atoms with E-state index in [1.54, 1.807) is 0 Å². The topological polar surface area (TPSA) is 27.3 Å². The van der Waals surface area contributed by atoms with Crippen molar-refractivity contribution in [2.45, 2.75) is 32.0 Å². The van der Waals surface area contributed by atoms with Gasteiger partial charge in [-0.15, -0.1) is 0 Å². The minimum atomic E-state index is 0.572. The average Bonchev–Trinajstić information content (AvgIpc) is 2.46. The summed E-state index contributed by atoms with van der Waals surface area (Å²) in [5.41, 5.74) is 0. The van der Waals surface area contributed by atoms with E-state index in [0.717, 1.165) is 13.1 Å². The van der Waals surface area contributed by atoms with Gasteiger partial charge in [0.05, 0.1) is 0 Å². The maximum atomic E-state index is 3.59. The van der Waals surface area contributed by atoms with E-state index in [0.29, 0.717) is 18.1 Å². The van der Waals surface area contributed by atoms with Crippen molar-refractivity contribution in [1.29, 1.82) is 0 Å². The summed E-state index contributed by atoms with van der Waals surface area (Å²) in [4.78, 5) is 0. The number of rotatable bonds is 4. The highest BCUT2D eigenvalue weighted by Crippen LogP contribution is 2.17. The van der Waals surface area contributed by atoms with Crippen LogP contribution in [0, 0.1) is 0 Å². The van der Waals surface area contributed by atoms with Gasteiger partial charge in [0.25, 0.3) is 0 Å². The molecule has 0 saturated carbocycles. The van der Waals surface area contributed by atoms with Gasteiger partial charge in [0.1, 0.15) is 0 Å². The molecular formula is C9H21N3S. The normalized spacial score (nSPS) is 30.2. The van der Waals surface area contributed by atoms with Gasteiger partial charge in [0.15, 0.2) is 0 Å². The molecule has 2 atom stereocenters. The van der Waals surface area contributed by atoms with E-state index >= 15 is 0 Å². The molecule has 0 unspecified atom stereocenters. The van der Waals surface area contributed by atoms with Crippen LogP contribution in [-0.2, 0) is 0 Å². The van der Waals surface area contributed by atoms with Crippen LogP contribution in [0.5, 0.6) is 0 Å². The second-order valence-electron chi connectivity index (χ2n) is 3.85. The minimum Gasteiger partial charge on any atom is -0.314 e.